The van der Waals surface area contributed by atoms with Crippen molar-refractivity contribution in [2.24, 2.45) is 0 Å². The van der Waals surface area contributed by atoms with Crippen LogP contribution < -0.4 is 9.62 Å². The van der Waals surface area contributed by atoms with Crippen LogP contribution in [-0.4, -0.2) is 50.5 Å². The molecule has 0 bridgehead atoms. The van der Waals surface area contributed by atoms with Crippen LogP contribution >= 0.6 is 23.2 Å². The first-order valence-corrected chi connectivity index (χ1v) is 13.7. The number of carbonyl (C=O) groups excluding carboxylic acids is 2. The van der Waals surface area contributed by atoms with E-state index in [2.05, 4.69) is 5.32 Å². The number of rotatable bonds is 12. The van der Waals surface area contributed by atoms with E-state index < -0.39 is 28.5 Å². The van der Waals surface area contributed by atoms with Crippen LogP contribution in [0.15, 0.2) is 48.5 Å². The van der Waals surface area contributed by atoms with Crippen molar-refractivity contribution >= 4 is 50.7 Å². The zero-order chi connectivity index (χ0) is 25.3. The summed E-state index contributed by atoms with van der Waals surface area (Å²) in [6.07, 6.45) is 3.12. The molecule has 0 spiro atoms. The van der Waals surface area contributed by atoms with Crippen molar-refractivity contribution in [1.82, 2.24) is 10.2 Å². The highest BCUT2D eigenvalue weighted by atomic mass is 35.5. The number of amides is 2. The first-order valence-electron chi connectivity index (χ1n) is 11.1. The van der Waals surface area contributed by atoms with Gasteiger partial charge >= 0.3 is 0 Å². The van der Waals surface area contributed by atoms with Crippen LogP contribution in [0.4, 0.5) is 5.69 Å². The predicted octanol–water partition coefficient (Wildman–Crippen LogP) is 4.48. The highest BCUT2D eigenvalue weighted by molar-refractivity contribution is 7.92. The van der Waals surface area contributed by atoms with Gasteiger partial charge in [-0.1, -0.05) is 67.7 Å². The van der Waals surface area contributed by atoms with Gasteiger partial charge in [0.15, 0.2) is 0 Å². The number of sulfonamides is 1. The minimum atomic E-state index is -3.83. The van der Waals surface area contributed by atoms with Crippen LogP contribution in [0.25, 0.3) is 0 Å². The molecule has 34 heavy (non-hydrogen) atoms. The van der Waals surface area contributed by atoms with E-state index in [-0.39, 0.29) is 23.2 Å². The molecule has 10 heteroatoms. The van der Waals surface area contributed by atoms with Crippen molar-refractivity contribution in [3.63, 3.8) is 0 Å². The van der Waals surface area contributed by atoms with Crippen molar-refractivity contribution < 1.29 is 18.0 Å². The van der Waals surface area contributed by atoms with Gasteiger partial charge in [0, 0.05) is 18.1 Å². The number of unbranched alkanes of at least 4 members (excludes halogenated alkanes) is 1. The van der Waals surface area contributed by atoms with Crippen molar-refractivity contribution in [2.45, 2.75) is 45.7 Å². The van der Waals surface area contributed by atoms with E-state index in [4.69, 9.17) is 23.2 Å². The number of halogens is 2. The van der Waals surface area contributed by atoms with Crippen molar-refractivity contribution in [1.29, 1.82) is 0 Å². The first kappa shape index (κ1) is 28.0. The highest BCUT2D eigenvalue weighted by Gasteiger charge is 2.32. The molecule has 0 fully saturated rings. The molecule has 1 N–H and O–H groups in total. The summed E-state index contributed by atoms with van der Waals surface area (Å²) in [5, 5.41) is 3.63. The lowest BCUT2D eigenvalue weighted by atomic mass is 10.1. The summed E-state index contributed by atoms with van der Waals surface area (Å²) < 4.78 is 26.1. The van der Waals surface area contributed by atoms with E-state index in [1.54, 1.807) is 42.5 Å². The molecule has 0 radical (unpaired) electrons. The molecule has 0 saturated heterocycles. The average Bonchev–Trinajstić information content (AvgIpc) is 2.78. The molecular weight excluding hydrogens is 497 g/mol. The summed E-state index contributed by atoms with van der Waals surface area (Å²) in [6, 6.07) is 12.6. The Kier molecular flexibility index (Phi) is 10.7. The van der Waals surface area contributed by atoms with Crippen LogP contribution in [0, 0.1) is 0 Å². The van der Waals surface area contributed by atoms with Gasteiger partial charge in [-0.3, -0.25) is 13.9 Å². The molecule has 0 aliphatic rings. The lowest BCUT2D eigenvalue weighted by Crippen LogP contribution is -2.52. The van der Waals surface area contributed by atoms with E-state index in [1.165, 1.54) is 11.0 Å². The first-order chi connectivity index (χ1) is 16.1. The third-order valence-electron chi connectivity index (χ3n) is 5.28. The van der Waals surface area contributed by atoms with E-state index in [1.807, 2.05) is 13.8 Å². The Morgan fingerprint density at radius 1 is 1.03 bits per heavy atom. The Hall–Kier alpha value is -2.29. The molecule has 2 aromatic carbocycles. The molecule has 1 unspecified atom stereocenters. The maximum atomic E-state index is 13.6. The molecular formula is C24H31Cl2N3O4S. The van der Waals surface area contributed by atoms with Crippen LogP contribution in [0.5, 0.6) is 0 Å². The Balaban J connectivity index is 2.40. The Bertz CT molecular complexity index is 1080. The van der Waals surface area contributed by atoms with Gasteiger partial charge in [0.1, 0.15) is 12.6 Å². The lowest BCUT2D eigenvalue weighted by Gasteiger charge is -2.33. The van der Waals surface area contributed by atoms with Gasteiger partial charge in [-0.15, -0.1) is 0 Å². The van der Waals surface area contributed by atoms with Crippen LogP contribution in [0.2, 0.25) is 10.0 Å². The SMILES string of the molecule is CCCCNC(=O)C(CC)N(Cc1ccc(Cl)cc1)C(=O)CN(c1ccccc1Cl)S(C)(=O)=O. The Morgan fingerprint density at radius 3 is 2.24 bits per heavy atom. The van der Waals surface area contributed by atoms with Crippen molar-refractivity contribution in [3.05, 3.63) is 64.1 Å². The monoisotopic (exact) mass is 527 g/mol. The predicted molar refractivity (Wildman–Crippen MR) is 138 cm³/mol. The Labute approximate surface area is 212 Å². The summed E-state index contributed by atoms with van der Waals surface area (Å²) in [6.45, 7) is 3.97. The van der Waals surface area contributed by atoms with Gasteiger partial charge < -0.3 is 10.2 Å². The Morgan fingerprint density at radius 2 is 1.68 bits per heavy atom. The number of anilines is 1. The topological polar surface area (TPSA) is 86.8 Å². The standard InChI is InChI=1S/C24H31Cl2N3O4S/c1-4-6-15-27-24(31)21(5-2)28(16-18-11-13-19(25)14-12-18)23(30)17-29(34(3,32)33)22-10-8-7-9-20(22)26/h7-14,21H,4-6,15-17H2,1-3H3,(H,27,31). The summed E-state index contributed by atoms with van der Waals surface area (Å²) in [5.41, 5.74) is 0.966. The number of para-hydroxylation sites is 1. The quantitative estimate of drug-likeness (QED) is 0.412. The second kappa shape index (κ2) is 13.0. The van der Waals surface area contributed by atoms with Gasteiger partial charge in [0.05, 0.1) is 17.0 Å². The second-order valence-electron chi connectivity index (χ2n) is 7.94. The molecule has 0 saturated carbocycles. The molecule has 1 atom stereocenters. The molecule has 0 aliphatic heterocycles. The normalized spacial score (nSPS) is 12.1. The molecule has 186 valence electrons. The van der Waals surface area contributed by atoms with Crippen LogP contribution in [0.1, 0.15) is 38.7 Å². The van der Waals surface area contributed by atoms with Crippen LogP contribution in [-0.2, 0) is 26.2 Å². The van der Waals surface area contributed by atoms with E-state index in [0.717, 1.165) is 29.0 Å². The second-order valence-corrected chi connectivity index (χ2v) is 10.7. The fourth-order valence-corrected chi connectivity index (χ4v) is 4.74. The lowest BCUT2D eigenvalue weighted by molar-refractivity contribution is -0.140. The number of hydrogen-bond donors (Lipinski definition) is 1. The maximum absolute atomic E-state index is 13.6. The fourth-order valence-electron chi connectivity index (χ4n) is 3.46. The molecule has 2 aromatic rings. The number of benzene rings is 2. The average molecular weight is 529 g/mol. The highest BCUT2D eigenvalue weighted by Crippen LogP contribution is 2.27. The summed E-state index contributed by atoms with van der Waals surface area (Å²) >= 11 is 12.2. The van der Waals surface area contributed by atoms with Crippen molar-refractivity contribution in [3.8, 4) is 0 Å². The van der Waals surface area contributed by atoms with Gasteiger partial charge in [0.25, 0.3) is 0 Å². The zero-order valence-corrected chi connectivity index (χ0v) is 22.0. The van der Waals surface area contributed by atoms with Gasteiger partial charge in [-0.2, -0.15) is 0 Å². The van der Waals surface area contributed by atoms with Gasteiger partial charge in [-0.25, -0.2) is 8.42 Å². The third kappa shape index (κ3) is 7.89. The number of nitrogens with zero attached hydrogens (tertiary/aromatic N) is 2. The summed E-state index contributed by atoms with van der Waals surface area (Å²) in [4.78, 5) is 27.9. The largest absolute Gasteiger partial charge is 0.354 e. The minimum absolute atomic E-state index is 0.121. The smallest absolute Gasteiger partial charge is 0.244 e. The summed E-state index contributed by atoms with van der Waals surface area (Å²) in [5.74, 6) is -0.792. The molecule has 0 aliphatic carbocycles. The van der Waals surface area contributed by atoms with E-state index in [9.17, 15) is 18.0 Å². The van der Waals surface area contributed by atoms with Crippen molar-refractivity contribution in [2.75, 3.05) is 23.7 Å². The summed E-state index contributed by atoms with van der Waals surface area (Å²) in [7, 11) is -3.83. The minimum Gasteiger partial charge on any atom is -0.354 e. The third-order valence-corrected chi connectivity index (χ3v) is 6.98. The number of hydrogen-bond acceptors (Lipinski definition) is 4. The molecule has 0 heterocycles. The fraction of sp³-hybridized carbons (Fsp3) is 0.417. The zero-order valence-electron chi connectivity index (χ0n) is 19.6. The number of nitrogens with one attached hydrogen (secondary N) is 1. The molecule has 2 amide bonds. The van der Waals surface area contributed by atoms with Gasteiger partial charge in [0.2, 0.25) is 21.8 Å². The van der Waals surface area contributed by atoms with E-state index in [0.29, 0.717) is 18.0 Å². The van der Waals surface area contributed by atoms with Crippen LogP contribution in [0.3, 0.4) is 0 Å². The molecule has 0 aromatic heterocycles. The van der Waals surface area contributed by atoms with Gasteiger partial charge in [-0.05, 0) is 42.7 Å². The maximum Gasteiger partial charge on any atom is 0.244 e. The number of carbonyl (C=O) groups is 2. The molecule has 7 nitrogen and oxygen atoms in total. The van der Waals surface area contributed by atoms with E-state index >= 15 is 0 Å². The molecule has 2 rings (SSSR count).